The van der Waals surface area contributed by atoms with Crippen LogP contribution in [-0.4, -0.2) is 19.9 Å². The van der Waals surface area contributed by atoms with E-state index in [-0.39, 0.29) is 0 Å². The van der Waals surface area contributed by atoms with Crippen molar-refractivity contribution in [2.45, 2.75) is 0 Å². The number of nitrogens with zero attached hydrogens (tertiary/aromatic N) is 3. The Morgan fingerprint density at radius 1 is 1.17 bits per heavy atom. The molecule has 2 N–H and O–H groups in total. The Balaban J connectivity index is 2.03. The Kier molecular flexibility index (Phi) is 2.89. The lowest BCUT2D eigenvalue weighted by molar-refractivity contribution is 1.14. The molecule has 0 spiro atoms. The number of halogens is 2. The number of aromatic nitrogens is 4. The van der Waals surface area contributed by atoms with Gasteiger partial charge in [-0.3, -0.25) is 0 Å². The van der Waals surface area contributed by atoms with E-state index in [1.165, 1.54) is 0 Å². The number of anilines is 2. The number of hydrogen-bond acceptors (Lipinski definition) is 4. The zero-order valence-electron chi connectivity index (χ0n) is 8.98. The van der Waals surface area contributed by atoms with Crippen LogP contribution in [0.2, 0.25) is 5.02 Å². The average Bonchev–Trinajstić information content (AvgIpc) is 2.80. The molecule has 18 heavy (non-hydrogen) atoms. The van der Waals surface area contributed by atoms with Crippen LogP contribution in [0, 0.1) is 0 Å². The normalized spacial score (nSPS) is 10.8. The molecule has 0 aliphatic rings. The van der Waals surface area contributed by atoms with Gasteiger partial charge in [0.2, 0.25) is 4.73 Å². The van der Waals surface area contributed by atoms with Gasteiger partial charge in [-0.25, -0.2) is 15.0 Å². The summed E-state index contributed by atoms with van der Waals surface area (Å²) in [5.74, 6) is 0.659. The molecule has 90 valence electrons. The Bertz CT molecular complexity index is 694. The first-order valence-corrected chi connectivity index (χ1v) is 6.29. The van der Waals surface area contributed by atoms with Crippen LogP contribution in [0.15, 0.2) is 35.3 Å². The fourth-order valence-corrected chi connectivity index (χ4v) is 2.04. The molecule has 0 saturated carbocycles. The highest BCUT2D eigenvalue weighted by Gasteiger charge is 2.08. The number of rotatable bonds is 2. The van der Waals surface area contributed by atoms with Gasteiger partial charge in [-0.2, -0.15) is 0 Å². The summed E-state index contributed by atoms with van der Waals surface area (Å²) >= 11 is 9.10. The number of benzene rings is 1. The van der Waals surface area contributed by atoms with Gasteiger partial charge in [-0.1, -0.05) is 11.6 Å². The van der Waals surface area contributed by atoms with E-state index in [0.29, 0.717) is 21.2 Å². The third kappa shape index (κ3) is 2.16. The van der Waals surface area contributed by atoms with Gasteiger partial charge in [0, 0.05) is 10.7 Å². The van der Waals surface area contributed by atoms with Crippen LogP contribution in [-0.2, 0) is 0 Å². The number of fused-ring (bicyclic) bond motifs is 1. The standard InChI is InChI=1S/C11H7BrClN5/c12-11-17-9-8(14-5-15-9)10(18-11)16-7-3-1-6(13)2-4-7/h1-5H,(H2,14,15,16,17,18). The van der Waals surface area contributed by atoms with E-state index in [4.69, 9.17) is 11.6 Å². The van der Waals surface area contributed by atoms with E-state index in [1.54, 1.807) is 6.33 Å². The quantitative estimate of drug-likeness (QED) is 0.708. The maximum absolute atomic E-state index is 5.84. The van der Waals surface area contributed by atoms with Crippen LogP contribution in [0.4, 0.5) is 11.5 Å². The van der Waals surface area contributed by atoms with Gasteiger partial charge in [0.1, 0.15) is 5.52 Å². The third-order valence-corrected chi connectivity index (χ3v) is 2.97. The number of hydrogen-bond donors (Lipinski definition) is 2. The second-order valence-corrected chi connectivity index (χ2v) is 4.72. The van der Waals surface area contributed by atoms with Crippen LogP contribution in [0.3, 0.4) is 0 Å². The Hall–Kier alpha value is -1.66. The summed E-state index contributed by atoms with van der Waals surface area (Å²) in [6.07, 6.45) is 1.58. The van der Waals surface area contributed by atoms with Gasteiger partial charge in [-0.15, -0.1) is 0 Å². The van der Waals surface area contributed by atoms with E-state index < -0.39 is 0 Å². The van der Waals surface area contributed by atoms with Crippen LogP contribution in [0.25, 0.3) is 11.2 Å². The smallest absolute Gasteiger partial charge is 0.200 e. The average molecular weight is 325 g/mol. The second-order valence-electron chi connectivity index (χ2n) is 3.57. The summed E-state index contributed by atoms with van der Waals surface area (Å²) in [6, 6.07) is 7.37. The van der Waals surface area contributed by atoms with Crippen molar-refractivity contribution in [1.82, 2.24) is 19.9 Å². The minimum atomic E-state index is 0.485. The summed E-state index contributed by atoms with van der Waals surface area (Å²) in [6.45, 7) is 0. The van der Waals surface area contributed by atoms with Gasteiger partial charge < -0.3 is 10.3 Å². The van der Waals surface area contributed by atoms with Crippen molar-refractivity contribution in [3.05, 3.63) is 40.3 Å². The van der Waals surface area contributed by atoms with Gasteiger partial charge in [0.25, 0.3) is 0 Å². The monoisotopic (exact) mass is 323 g/mol. The lowest BCUT2D eigenvalue weighted by atomic mass is 10.3. The SMILES string of the molecule is Clc1ccc(Nc2nc(Br)nc3nc[nH]c23)cc1. The molecular weight excluding hydrogens is 318 g/mol. The van der Waals surface area contributed by atoms with Crippen molar-refractivity contribution in [2.75, 3.05) is 5.32 Å². The zero-order chi connectivity index (χ0) is 12.5. The van der Waals surface area contributed by atoms with Gasteiger partial charge >= 0.3 is 0 Å². The van der Waals surface area contributed by atoms with E-state index in [2.05, 4.69) is 41.2 Å². The molecule has 2 heterocycles. The molecule has 1 aromatic carbocycles. The molecule has 0 radical (unpaired) electrons. The largest absolute Gasteiger partial charge is 0.340 e. The fourth-order valence-electron chi connectivity index (χ4n) is 1.57. The van der Waals surface area contributed by atoms with E-state index in [1.807, 2.05) is 24.3 Å². The van der Waals surface area contributed by atoms with Gasteiger partial charge in [0.15, 0.2) is 11.5 Å². The van der Waals surface area contributed by atoms with Gasteiger partial charge in [-0.05, 0) is 40.2 Å². The topological polar surface area (TPSA) is 66.5 Å². The fraction of sp³-hybridized carbons (Fsp3) is 0. The summed E-state index contributed by atoms with van der Waals surface area (Å²) < 4.78 is 0.485. The highest BCUT2D eigenvalue weighted by Crippen LogP contribution is 2.23. The van der Waals surface area contributed by atoms with Crippen LogP contribution in [0.1, 0.15) is 0 Å². The predicted octanol–water partition coefficient (Wildman–Crippen LogP) is 3.51. The lowest BCUT2D eigenvalue weighted by Gasteiger charge is -2.06. The number of aromatic amines is 1. The van der Waals surface area contributed by atoms with Crippen LogP contribution in [0.5, 0.6) is 0 Å². The molecule has 0 aliphatic carbocycles. The van der Waals surface area contributed by atoms with E-state index in [9.17, 15) is 0 Å². The maximum atomic E-state index is 5.84. The Labute approximate surface area is 116 Å². The minimum Gasteiger partial charge on any atom is -0.340 e. The molecular formula is C11H7BrClN5. The first-order valence-electron chi connectivity index (χ1n) is 5.11. The first-order chi connectivity index (χ1) is 8.72. The molecule has 0 amide bonds. The molecule has 3 aromatic rings. The number of nitrogens with one attached hydrogen (secondary N) is 2. The van der Waals surface area contributed by atoms with Gasteiger partial charge in [0.05, 0.1) is 6.33 Å². The van der Waals surface area contributed by atoms with E-state index in [0.717, 1.165) is 11.2 Å². The Morgan fingerprint density at radius 2 is 1.94 bits per heavy atom. The highest BCUT2D eigenvalue weighted by molar-refractivity contribution is 9.10. The van der Waals surface area contributed by atoms with E-state index >= 15 is 0 Å². The summed E-state index contributed by atoms with van der Waals surface area (Å²) in [5.41, 5.74) is 2.25. The van der Waals surface area contributed by atoms with Crippen LogP contribution < -0.4 is 5.32 Å². The molecule has 0 aliphatic heterocycles. The highest BCUT2D eigenvalue weighted by atomic mass is 79.9. The number of imidazole rings is 1. The maximum Gasteiger partial charge on any atom is 0.200 e. The van der Waals surface area contributed by atoms with Crippen molar-refractivity contribution in [3.63, 3.8) is 0 Å². The van der Waals surface area contributed by atoms with Crippen molar-refractivity contribution in [1.29, 1.82) is 0 Å². The summed E-state index contributed by atoms with van der Waals surface area (Å²) in [7, 11) is 0. The molecule has 7 heteroatoms. The second kappa shape index (κ2) is 4.55. The van der Waals surface area contributed by atoms with Crippen LogP contribution >= 0.6 is 27.5 Å². The molecule has 0 fully saturated rings. The van der Waals surface area contributed by atoms with Crippen molar-refractivity contribution in [3.8, 4) is 0 Å². The summed E-state index contributed by atoms with van der Waals surface area (Å²) in [4.78, 5) is 15.5. The third-order valence-electron chi connectivity index (χ3n) is 2.37. The minimum absolute atomic E-state index is 0.485. The first kappa shape index (κ1) is 11.4. The van der Waals surface area contributed by atoms with Crippen molar-refractivity contribution >= 4 is 50.2 Å². The molecule has 0 saturated heterocycles. The number of H-pyrrole nitrogens is 1. The van der Waals surface area contributed by atoms with Crippen molar-refractivity contribution < 1.29 is 0 Å². The molecule has 0 bridgehead atoms. The molecule has 0 atom stereocenters. The molecule has 3 rings (SSSR count). The molecule has 0 unspecified atom stereocenters. The zero-order valence-corrected chi connectivity index (χ0v) is 11.3. The Morgan fingerprint density at radius 3 is 2.72 bits per heavy atom. The van der Waals surface area contributed by atoms with Crippen molar-refractivity contribution in [2.24, 2.45) is 0 Å². The molecule has 2 aromatic heterocycles. The predicted molar refractivity (Wildman–Crippen MR) is 74.1 cm³/mol. The lowest BCUT2D eigenvalue weighted by Crippen LogP contribution is -1.97. The summed E-state index contributed by atoms with van der Waals surface area (Å²) in [5, 5.41) is 3.88. The molecule has 5 nitrogen and oxygen atoms in total.